The zero-order valence-electron chi connectivity index (χ0n) is 9.93. The summed E-state index contributed by atoms with van der Waals surface area (Å²) in [6, 6.07) is 7.65. The lowest BCUT2D eigenvalue weighted by Crippen LogP contribution is -2.55. The van der Waals surface area contributed by atoms with Crippen LogP contribution < -0.4 is 4.74 Å². The van der Waals surface area contributed by atoms with Gasteiger partial charge in [0.15, 0.2) is 0 Å². The highest BCUT2D eigenvalue weighted by atomic mass is 16.6. The summed E-state index contributed by atoms with van der Waals surface area (Å²) in [5.74, 6) is 1.00. The normalized spacial score (nSPS) is 28.9. The molecular weight excluding hydrogens is 204 g/mol. The first-order valence-corrected chi connectivity index (χ1v) is 5.56. The smallest absolute Gasteiger partial charge is 0.120 e. The molecule has 1 N–H and O–H groups in total. The molecule has 3 heteroatoms. The highest BCUT2D eigenvalue weighted by Gasteiger charge is 2.49. The van der Waals surface area contributed by atoms with E-state index in [2.05, 4.69) is 0 Å². The van der Waals surface area contributed by atoms with E-state index in [1.54, 1.807) is 7.11 Å². The molecule has 0 bridgehead atoms. The van der Waals surface area contributed by atoms with Gasteiger partial charge in [-0.15, -0.1) is 0 Å². The van der Waals surface area contributed by atoms with Crippen molar-refractivity contribution >= 4 is 0 Å². The summed E-state index contributed by atoms with van der Waals surface area (Å²) in [5, 5.41) is 10.4. The van der Waals surface area contributed by atoms with Gasteiger partial charge in [-0.2, -0.15) is 0 Å². The van der Waals surface area contributed by atoms with Crippen molar-refractivity contribution in [2.24, 2.45) is 5.92 Å². The van der Waals surface area contributed by atoms with Crippen LogP contribution in [0.1, 0.15) is 25.5 Å². The molecule has 1 saturated heterocycles. The third-order valence-electron chi connectivity index (χ3n) is 3.35. The largest absolute Gasteiger partial charge is 0.497 e. The molecule has 0 aromatic heterocycles. The summed E-state index contributed by atoms with van der Waals surface area (Å²) in [7, 11) is 1.64. The van der Waals surface area contributed by atoms with Crippen LogP contribution in [0, 0.1) is 5.92 Å². The van der Waals surface area contributed by atoms with Crippen LogP contribution in [0.5, 0.6) is 5.75 Å². The molecule has 1 aliphatic rings. The second kappa shape index (κ2) is 4.07. The van der Waals surface area contributed by atoms with Crippen molar-refractivity contribution in [1.82, 2.24) is 0 Å². The van der Waals surface area contributed by atoms with Crippen molar-refractivity contribution in [2.45, 2.75) is 25.6 Å². The molecule has 1 heterocycles. The van der Waals surface area contributed by atoms with E-state index >= 15 is 0 Å². The Hall–Kier alpha value is -1.06. The highest BCUT2D eigenvalue weighted by Crippen LogP contribution is 2.43. The Morgan fingerprint density at radius 3 is 2.38 bits per heavy atom. The first-order valence-electron chi connectivity index (χ1n) is 5.56. The van der Waals surface area contributed by atoms with Crippen LogP contribution >= 0.6 is 0 Å². The topological polar surface area (TPSA) is 38.7 Å². The van der Waals surface area contributed by atoms with Crippen molar-refractivity contribution < 1.29 is 14.6 Å². The minimum Gasteiger partial charge on any atom is -0.497 e. The van der Waals surface area contributed by atoms with E-state index in [9.17, 15) is 5.11 Å². The maximum atomic E-state index is 10.4. The fraction of sp³-hybridized carbons (Fsp3) is 0.538. The maximum absolute atomic E-state index is 10.4. The molecule has 3 nitrogen and oxygen atoms in total. The van der Waals surface area contributed by atoms with Gasteiger partial charge in [-0.3, -0.25) is 0 Å². The van der Waals surface area contributed by atoms with Crippen molar-refractivity contribution in [1.29, 1.82) is 0 Å². The van der Waals surface area contributed by atoms with Crippen LogP contribution in [0.3, 0.4) is 0 Å². The van der Waals surface area contributed by atoms with Gasteiger partial charge >= 0.3 is 0 Å². The van der Waals surface area contributed by atoms with E-state index in [4.69, 9.17) is 9.47 Å². The van der Waals surface area contributed by atoms with Gasteiger partial charge in [0.05, 0.1) is 13.7 Å². The Balaban J connectivity index is 2.19. The Morgan fingerprint density at radius 2 is 2.00 bits per heavy atom. The van der Waals surface area contributed by atoms with E-state index in [1.165, 1.54) is 0 Å². The van der Waals surface area contributed by atoms with Gasteiger partial charge in [0.1, 0.15) is 17.5 Å². The molecule has 1 aromatic rings. The average molecular weight is 222 g/mol. The minimum absolute atomic E-state index is 0.188. The number of ether oxygens (including phenoxy) is 2. The molecule has 16 heavy (non-hydrogen) atoms. The average Bonchev–Trinajstić information content (AvgIpc) is 2.27. The van der Waals surface area contributed by atoms with E-state index in [0.717, 1.165) is 11.3 Å². The fourth-order valence-electron chi connectivity index (χ4n) is 1.97. The van der Waals surface area contributed by atoms with Gasteiger partial charge in [0.2, 0.25) is 0 Å². The SMILES string of the molecule is COc1ccc([C@@H]2OC[C@@]2(O)C(C)C)cc1. The summed E-state index contributed by atoms with van der Waals surface area (Å²) in [6.07, 6.45) is -0.210. The molecule has 2 rings (SSSR count). The van der Waals surface area contributed by atoms with E-state index in [0.29, 0.717) is 6.61 Å². The van der Waals surface area contributed by atoms with Crippen LogP contribution in [0.25, 0.3) is 0 Å². The number of rotatable bonds is 3. The number of aliphatic hydroxyl groups is 1. The van der Waals surface area contributed by atoms with Crippen molar-refractivity contribution in [3.8, 4) is 5.75 Å². The first kappa shape index (κ1) is 11.4. The number of hydrogen-bond donors (Lipinski definition) is 1. The van der Waals surface area contributed by atoms with Gasteiger partial charge in [-0.1, -0.05) is 26.0 Å². The second-order valence-corrected chi connectivity index (χ2v) is 4.61. The predicted octanol–water partition coefficient (Wildman–Crippen LogP) is 2.15. The molecule has 0 unspecified atom stereocenters. The monoisotopic (exact) mass is 222 g/mol. The number of hydrogen-bond acceptors (Lipinski definition) is 3. The molecule has 0 spiro atoms. The Morgan fingerprint density at radius 1 is 1.38 bits per heavy atom. The molecule has 0 saturated carbocycles. The molecular formula is C13H18O3. The summed E-state index contributed by atoms with van der Waals surface area (Å²) < 4.78 is 10.6. The van der Waals surface area contributed by atoms with Gasteiger partial charge in [0, 0.05) is 0 Å². The summed E-state index contributed by atoms with van der Waals surface area (Å²) in [5.41, 5.74) is 0.275. The Kier molecular flexibility index (Phi) is 2.91. The van der Waals surface area contributed by atoms with Crippen LogP contribution in [0.15, 0.2) is 24.3 Å². The van der Waals surface area contributed by atoms with E-state index in [1.807, 2.05) is 38.1 Å². The van der Waals surface area contributed by atoms with Crippen LogP contribution in [-0.4, -0.2) is 24.4 Å². The second-order valence-electron chi connectivity index (χ2n) is 4.61. The van der Waals surface area contributed by atoms with Crippen LogP contribution in [0.2, 0.25) is 0 Å². The number of methoxy groups -OCH3 is 1. The summed E-state index contributed by atoms with van der Waals surface area (Å²) in [6.45, 7) is 4.44. The van der Waals surface area contributed by atoms with Crippen molar-refractivity contribution in [2.75, 3.05) is 13.7 Å². The molecule has 0 radical (unpaired) electrons. The molecule has 0 aliphatic carbocycles. The molecule has 1 fully saturated rings. The maximum Gasteiger partial charge on any atom is 0.120 e. The lowest BCUT2D eigenvalue weighted by molar-refractivity contribution is -0.261. The fourth-order valence-corrected chi connectivity index (χ4v) is 1.97. The van der Waals surface area contributed by atoms with Crippen molar-refractivity contribution in [3.05, 3.63) is 29.8 Å². The first-order chi connectivity index (χ1) is 7.58. The molecule has 1 aliphatic heterocycles. The standard InChI is InChI=1S/C13H18O3/c1-9(2)13(14)8-16-12(13)10-4-6-11(15-3)7-5-10/h4-7,9,12,14H,8H2,1-3H3/t12-,13+/m0/s1. The van der Waals surface area contributed by atoms with Crippen LogP contribution in [0.4, 0.5) is 0 Å². The molecule has 2 atom stereocenters. The Bertz CT molecular complexity index is 358. The predicted molar refractivity (Wildman–Crippen MR) is 61.5 cm³/mol. The van der Waals surface area contributed by atoms with Gasteiger partial charge < -0.3 is 14.6 Å². The van der Waals surface area contributed by atoms with E-state index in [-0.39, 0.29) is 12.0 Å². The van der Waals surface area contributed by atoms with Gasteiger partial charge in [0.25, 0.3) is 0 Å². The third-order valence-corrected chi connectivity index (χ3v) is 3.35. The third kappa shape index (κ3) is 1.70. The molecule has 0 amide bonds. The number of benzene rings is 1. The quantitative estimate of drug-likeness (QED) is 0.851. The van der Waals surface area contributed by atoms with E-state index < -0.39 is 5.60 Å². The Labute approximate surface area is 96.0 Å². The lowest BCUT2D eigenvalue weighted by atomic mass is 9.78. The minimum atomic E-state index is -0.728. The summed E-state index contributed by atoms with van der Waals surface area (Å²) >= 11 is 0. The van der Waals surface area contributed by atoms with Crippen molar-refractivity contribution in [3.63, 3.8) is 0 Å². The van der Waals surface area contributed by atoms with Gasteiger partial charge in [-0.25, -0.2) is 0 Å². The molecule has 88 valence electrons. The van der Waals surface area contributed by atoms with Gasteiger partial charge in [-0.05, 0) is 23.6 Å². The highest BCUT2D eigenvalue weighted by molar-refractivity contribution is 5.31. The lowest BCUT2D eigenvalue weighted by Gasteiger charge is -2.48. The van der Waals surface area contributed by atoms with Crippen LogP contribution in [-0.2, 0) is 4.74 Å². The summed E-state index contributed by atoms with van der Waals surface area (Å²) in [4.78, 5) is 0. The zero-order chi connectivity index (χ0) is 11.8. The molecule has 1 aromatic carbocycles. The zero-order valence-corrected chi connectivity index (χ0v) is 9.93.